The van der Waals surface area contributed by atoms with E-state index in [1.807, 2.05) is 20.8 Å². The molecule has 100 valence electrons. The number of nitrogens with two attached hydrogens (primary N) is 1. The Morgan fingerprint density at radius 2 is 1.67 bits per heavy atom. The zero-order valence-electron chi connectivity index (χ0n) is 10.5. The molecule has 0 bridgehead atoms. The number of rotatable bonds is 3. The van der Waals surface area contributed by atoms with Crippen LogP contribution in [-0.2, 0) is 10.2 Å². The molecule has 0 heterocycles. The third-order valence-corrected chi connectivity index (χ3v) is 2.42. The van der Waals surface area contributed by atoms with Gasteiger partial charge in [-0.3, -0.25) is 9.52 Å². The van der Waals surface area contributed by atoms with Crippen molar-refractivity contribution in [2.24, 2.45) is 5.14 Å². The minimum Gasteiger partial charge on any atom is -0.347 e. The molecule has 1 rings (SSSR count). The van der Waals surface area contributed by atoms with E-state index < -0.39 is 10.2 Å². The van der Waals surface area contributed by atoms with Gasteiger partial charge in [0, 0.05) is 16.8 Å². The molecule has 1 aromatic carbocycles. The molecule has 6 nitrogen and oxygen atoms in total. The minimum absolute atomic E-state index is 0.218. The molecule has 0 aliphatic rings. The highest BCUT2D eigenvalue weighted by Crippen LogP contribution is 2.11. The van der Waals surface area contributed by atoms with E-state index in [1.165, 1.54) is 24.3 Å². The molecule has 0 spiro atoms. The second-order valence-electron chi connectivity index (χ2n) is 4.93. The normalized spacial score (nSPS) is 12.0. The van der Waals surface area contributed by atoms with E-state index in [-0.39, 0.29) is 11.4 Å². The van der Waals surface area contributed by atoms with Gasteiger partial charge in [-0.2, -0.15) is 8.42 Å². The van der Waals surface area contributed by atoms with Crippen molar-refractivity contribution in [3.63, 3.8) is 0 Å². The molecule has 0 saturated carbocycles. The zero-order valence-corrected chi connectivity index (χ0v) is 11.3. The van der Waals surface area contributed by atoms with Gasteiger partial charge in [0.25, 0.3) is 16.1 Å². The second kappa shape index (κ2) is 4.95. The number of hydrogen-bond acceptors (Lipinski definition) is 3. The van der Waals surface area contributed by atoms with Crippen LogP contribution in [-0.4, -0.2) is 19.9 Å². The van der Waals surface area contributed by atoms with Crippen LogP contribution in [0.3, 0.4) is 0 Å². The van der Waals surface area contributed by atoms with Crippen LogP contribution in [0.5, 0.6) is 0 Å². The number of nitrogens with one attached hydrogen (secondary N) is 2. The second-order valence-corrected chi connectivity index (χ2v) is 6.22. The molecule has 0 saturated heterocycles. The predicted molar refractivity (Wildman–Crippen MR) is 70.4 cm³/mol. The molecule has 4 N–H and O–H groups in total. The van der Waals surface area contributed by atoms with E-state index in [1.54, 1.807) is 0 Å². The number of carbonyl (C=O) groups excluding carboxylic acids is 1. The fraction of sp³-hybridized carbons (Fsp3) is 0.364. The maximum Gasteiger partial charge on any atom is 0.296 e. The summed E-state index contributed by atoms with van der Waals surface area (Å²) in [5, 5.41) is 7.63. The van der Waals surface area contributed by atoms with Crippen LogP contribution in [0.25, 0.3) is 0 Å². The average Bonchev–Trinajstić information content (AvgIpc) is 2.13. The number of amides is 1. The smallest absolute Gasteiger partial charge is 0.296 e. The van der Waals surface area contributed by atoms with Gasteiger partial charge in [0.2, 0.25) is 0 Å². The average molecular weight is 271 g/mol. The Labute approximate surface area is 107 Å². The van der Waals surface area contributed by atoms with Crippen molar-refractivity contribution in [1.29, 1.82) is 0 Å². The summed E-state index contributed by atoms with van der Waals surface area (Å²) in [6.07, 6.45) is 0. The molecular formula is C11H17N3O3S. The largest absolute Gasteiger partial charge is 0.347 e. The summed E-state index contributed by atoms with van der Waals surface area (Å²) < 4.78 is 23.7. The van der Waals surface area contributed by atoms with Crippen LogP contribution in [0.15, 0.2) is 24.3 Å². The summed E-state index contributed by atoms with van der Waals surface area (Å²) in [6, 6.07) is 5.99. The van der Waals surface area contributed by atoms with Crippen LogP contribution in [0.1, 0.15) is 31.1 Å². The summed E-state index contributed by atoms with van der Waals surface area (Å²) in [7, 11) is -3.79. The van der Waals surface area contributed by atoms with Gasteiger partial charge in [0.15, 0.2) is 0 Å². The van der Waals surface area contributed by atoms with Crippen molar-refractivity contribution in [1.82, 2.24) is 5.32 Å². The lowest BCUT2D eigenvalue weighted by molar-refractivity contribution is 0.0919. The molecule has 18 heavy (non-hydrogen) atoms. The first kappa shape index (κ1) is 14.5. The van der Waals surface area contributed by atoms with E-state index in [0.29, 0.717) is 11.3 Å². The molecule has 1 amide bonds. The molecule has 0 unspecified atom stereocenters. The van der Waals surface area contributed by atoms with Gasteiger partial charge in [-0.25, -0.2) is 5.14 Å². The first-order valence-corrected chi connectivity index (χ1v) is 6.84. The molecule has 0 aliphatic heterocycles. The Kier molecular flexibility index (Phi) is 3.98. The Morgan fingerprint density at radius 3 is 2.06 bits per heavy atom. The number of carbonyl (C=O) groups is 1. The third kappa shape index (κ3) is 5.15. The lowest BCUT2D eigenvalue weighted by atomic mass is 10.1. The Morgan fingerprint density at radius 1 is 1.17 bits per heavy atom. The number of hydrogen-bond donors (Lipinski definition) is 3. The van der Waals surface area contributed by atoms with Crippen LogP contribution in [0, 0.1) is 0 Å². The summed E-state index contributed by atoms with van der Waals surface area (Å²) in [5.74, 6) is -0.218. The van der Waals surface area contributed by atoms with Gasteiger partial charge in [-0.05, 0) is 45.0 Å². The lowest BCUT2D eigenvalue weighted by Gasteiger charge is -2.20. The van der Waals surface area contributed by atoms with Crippen LogP contribution in [0.2, 0.25) is 0 Å². The van der Waals surface area contributed by atoms with E-state index in [2.05, 4.69) is 10.0 Å². The van der Waals surface area contributed by atoms with E-state index in [0.717, 1.165) is 0 Å². The molecule has 7 heteroatoms. The van der Waals surface area contributed by atoms with Gasteiger partial charge >= 0.3 is 0 Å². The van der Waals surface area contributed by atoms with Crippen molar-refractivity contribution in [2.45, 2.75) is 26.3 Å². The van der Waals surface area contributed by atoms with Gasteiger partial charge < -0.3 is 5.32 Å². The van der Waals surface area contributed by atoms with Crippen LogP contribution in [0.4, 0.5) is 5.69 Å². The summed E-state index contributed by atoms with van der Waals surface area (Å²) in [5.41, 5.74) is 0.434. The quantitative estimate of drug-likeness (QED) is 0.758. The van der Waals surface area contributed by atoms with Gasteiger partial charge in [0.1, 0.15) is 0 Å². The van der Waals surface area contributed by atoms with Crippen molar-refractivity contribution < 1.29 is 13.2 Å². The summed E-state index contributed by atoms with van der Waals surface area (Å²) >= 11 is 0. The fourth-order valence-corrected chi connectivity index (χ4v) is 1.73. The van der Waals surface area contributed by atoms with Crippen molar-refractivity contribution in [2.75, 3.05) is 4.72 Å². The van der Waals surface area contributed by atoms with Crippen molar-refractivity contribution in [3.05, 3.63) is 29.8 Å². The highest BCUT2D eigenvalue weighted by atomic mass is 32.2. The lowest BCUT2D eigenvalue weighted by Crippen LogP contribution is -2.40. The first-order chi connectivity index (χ1) is 8.07. The molecule has 0 atom stereocenters. The minimum atomic E-state index is -3.79. The first-order valence-electron chi connectivity index (χ1n) is 5.30. The highest BCUT2D eigenvalue weighted by molar-refractivity contribution is 7.90. The Balaban J connectivity index is 2.80. The SMILES string of the molecule is CC(C)(C)NC(=O)c1ccc(NS(N)(=O)=O)cc1. The van der Waals surface area contributed by atoms with Crippen molar-refractivity contribution >= 4 is 21.8 Å². The van der Waals surface area contributed by atoms with Crippen LogP contribution < -0.4 is 15.2 Å². The summed E-state index contributed by atoms with van der Waals surface area (Å²) in [6.45, 7) is 5.63. The fourth-order valence-electron chi connectivity index (χ4n) is 1.27. The topological polar surface area (TPSA) is 101 Å². The Bertz CT molecular complexity index is 530. The predicted octanol–water partition coefficient (Wildman–Crippen LogP) is 0.830. The molecule has 0 aliphatic carbocycles. The van der Waals surface area contributed by atoms with Gasteiger partial charge in [-0.1, -0.05) is 0 Å². The molecule has 1 aromatic rings. The molecular weight excluding hydrogens is 254 g/mol. The van der Waals surface area contributed by atoms with Gasteiger partial charge in [0.05, 0.1) is 0 Å². The van der Waals surface area contributed by atoms with Gasteiger partial charge in [-0.15, -0.1) is 0 Å². The maximum atomic E-state index is 11.8. The molecule has 0 aromatic heterocycles. The Hall–Kier alpha value is -1.60. The number of anilines is 1. The summed E-state index contributed by atoms with van der Waals surface area (Å²) in [4.78, 5) is 11.8. The third-order valence-electron chi connectivity index (χ3n) is 1.90. The maximum absolute atomic E-state index is 11.8. The van der Waals surface area contributed by atoms with E-state index in [4.69, 9.17) is 5.14 Å². The molecule has 0 fully saturated rings. The highest BCUT2D eigenvalue weighted by Gasteiger charge is 2.15. The zero-order chi connectivity index (χ0) is 14.0. The molecule has 0 radical (unpaired) electrons. The monoisotopic (exact) mass is 271 g/mol. The van der Waals surface area contributed by atoms with E-state index >= 15 is 0 Å². The van der Waals surface area contributed by atoms with Crippen LogP contribution >= 0.6 is 0 Å². The van der Waals surface area contributed by atoms with Crippen molar-refractivity contribution in [3.8, 4) is 0 Å². The number of benzene rings is 1. The standard InChI is InChI=1S/C11H17N3O3S/c1-11(2,3)13-10(15)8-4-6-9(7-5-8)14-18(12,16)17/h4-7,14H,1-3H3,(H,13,15)(H2,12,16,17). The van der Waals surface area contributed by atoms with E-state index in [9.17, 15) is 13.2 Å².